The molecule has 3 N–H and O–H groups in total. The van der Waals surface area contributed by atoms with Gasteiger partial charge in [-0.05, 0) is 25.7 Å². The number of esters is 4. The zero-order valence-corrected chi connectivity index (χ0v) is 63.4. The van der Waals surface area contributed by atoms with Crippen LogP contribution in [0.25, 0.3) is 0 Å². The van der Waals surface area contributed by atoms with Gasteiger partial charge in [0.25, 0.3) is 0 Å². The maximum absolute atomic E-state index is 13.1. The van der Waals surface area contributed by atoms with Crippen LogP contribution in [-0.4, -0.2) is 96.7 Å². The first-order valence-electron chi connectivity index (χ1n) is 39.8. The predicted molar refractivity (Wildman–Crippen MR) is 386 cm³/mol. The van der Waals surface area contributed by atoms with Gasteiger partial charge < -0.3 is 33.8 Å². The van der Waals surface area contributed by atoms with Gasteiger partial charge in [-0.3, -0.25) is 37.3 Å². The standard InChI is InChI=1S/C76H148O17P2/c1-5-9-13-17-21-25-29-31-33-35-37-39-43-47-51-55-59-63-76(81)93-72(67-87-74(79)61-57-53-49-45-42-38-36-34-32-30-26-22-18-14-10-6-2)69-91-95(84,85)89-65-70(77)64-88-94(82,83)90-68-71(92-75(80)62-58-54-50-46-41-28-24-20-16-12-8-4)66-86-73(78)60-56-52-48-44-40-27-23-19-15-11-7-3/h70-72,77H,5-69H2,1-4H3,(H,82,83)(H,84,85)/t70-,71+,72+/m0/s1. The van der Waals surface area contributed by atoms with Crippen LogP contribution in [0.2, 0.25) is 0 Å². The van der Waals surface area contributed by atoms with E-state index in [1.165, 1.54) is 238 Å². The summed E-state index contributed by atoms with van der Waals surface area (Å²) in [6.45, 7) is 4.99. The molecule has 0 spiro atoms. The monoisotopic (exact) mass is 1400 g/mol. The summed E-state index contributed by atoms with van der Waals surface area (Å²) >= 11 is 0. The minimum absolute atomic E-state index is 0.108. The molecule has 0 aromatic heterocycles. The van der Waals surface area contributed by atoms with Crippen molar-refractivity contribution in [2.45, 2.75) is 425 Å². The highest BCUT2D eigenvalue weighted by Gasteiger charge is 2.30. The average molecular weight is 1400 g/mol. The largest absolute Gasteiger partial charge is 0.472 e. The van der Waals surface area contributed by atoms with Gasteiger partial charge in [0.2, 0.25) is 0 Å². The molecule has 0 aliphatic rings. The Bertz CT molecular complexity index is 1810. The highest BCUT2D eigenvalue weighted by atomic mass is 31.2. The molecule has 0 saturated carbocycles. The predicted octanol–water partition coefficient (Wildman–Crippen LogP) is 22.6. The third-order valence-corrected chi connectivity index (χ3v) is 19.8. The van der Waals surface area contributed by atoms with Gasteiger partial charge in [0.1, 0.15) is 19.3 Å². The van der Waals surface area contributed by atoms with Gasteiger partial charge in [-0.25, -0.2) is 9.13 Å². The lowest BCUT2D eigenvalue weighted by atomic mass is 10.0. The lowest BCUT2D eigenvalue weighted by molar-refractivity contribution is -0.161. The van der Waals surface area contributed by atoms with Crippen molar-refractivity contribution < 1.29 is 80.2 Å². The van der Waals surface area contributed by atoms with E-state index in [1.54, 1.807) is 0 Å². The van der Waals surface area contributed by atoms with Crippen molar-refractivity contribution in [1.82, 2.24) is 0 Å². The molecular formula is C76H148O17P2. The van der Waals surface area contributed by atoms with Crippen molar-refractivity contribution in [2.24, 2.45) is 0 Å². The Labute approximate surface area is 581 Å². The van der Waals surface area contributed by atoms with Crippen LogP contribution in [0, 0.1) is 0 Å². The summed E-state index contributed by atoms with van der Waals surface area (Å²) in [7, 11) is -9.91. The van der Waals surface area contributed by atoms with Gasteiger partial charge in [0.05, 0.1) is 26.4 Å². The maximum Gasteiger partial charge on any atom is 0.472 e. The Kier molecular flexibility index (Phi) is 69.1. The van der Waals surface area contributed by atoms with E-state index in [4.69, 9.17) is 37.0 Å². The quantitative estimate of drug-likeness (QED) is 0.0222. The van der Waals surface area contributed by atoms with E-state index in [9.17, 15) is 43.2 Å². The fourth-order valence-corrected chi connectivity index (χ4v) is 13.3. The third kappa shape index (κ3) is 70.3. The van der Waals surface area contributed by atoms with Crippen LogP contribution in [0.1, 0.15) is 407 Å². The van der Waals surface area contributed by atoms with E-state index >= 15 is 0 Å². The molecule has 95 heavy (non-hydrogen) atoms. The molecule has 0 saturated heterocycles. The van der Waals surface area contributed by atoms with Gasteiger partial charge in [-0.15, -0.1) is 0 Å². The fraction of sp³-hybridized carbons (Fsp3) is 0.947. The first kappa shape index (κ1) is 93.1. The number of hydrogen-bond donors (Lipinski definition) is 3. The number of aliphatic hydroxyl groups excluding tert-OH is 1. The average Bonchev–Trinajstić information content (AvgIpc) is 1.34. The van der Waals surface area contributed by atoms with Crippen LogP contribution in [0.15, 0.2) is 0 Å². The minimum atomic E-state index is -4.96. The van der Waals surface area contributed by atoms with E-state index in [1.807, 2.05) is 0 Å². The second kappa shape index (κ2) is 70.5. The highest BCUT2D eigenvalue weighted by Crippen LogP contribution is 2.45. The molecule has 17 nitrogen and oxygen atoms in total. The molecule has 5 atom stereocenters. The summed E-state index contributed by atoms with van der Waals surface area (Å²) < 4.78 is 68.5. The van der Waals surface area contributed by atoms with Crippen molar-refractivity contribution >= 4 is 39.5 Å². The van der Waals surface area contributed by atoms with E-state index < -0.39 is 97.5 Å². The Hall–Kier alpha value is -1.94. The number of rotatable bonds is 77. The van der Waals surface area contributed by atoms with Crippen molar-refractivity contribution in [3.05, 3.63) is 0 Å². The van der Waals surface area contributed by atoms with Crippen LogP contribution in [0.5, 0.6) is 0 Å². The Morgan fingerprint density at radius 2 is 0.421 bits per heavy atom. The van der Waals surface area contributed by atoms with Crippen LogP contribution in [0.4, 0.5) is 0 Å². The number of hydrogen-bond acceptors (Lipinski definition) is 15. The molecule has 0 aromatic rings. The molecule has 0 aliphatic heterocycles. The second-order valence-electron chi connectivity index (χ2n) is 27.4. The Morgan fingerprint density at radius 3 is 0.621 bits per heavy atom. The number of ether oxygens (including phenoxy) is 4. The smallest absolute Gasteiger partial charge is 0.462 e. The number of unbranched alkanes of at least 4 members (excludes halogenated alkanes) is 51. The summed E-state index contributed by atoms with van der Waals surface area (Å²) in [4.78, 5) is 72.8. The molecule has 0 fully saturated rings. The number of carbonyl (C=O) groups is 4. The van der Waals surface area contributed by atoms with Gasteiger partial charge in [0.15, 0.2) is 12.2 Å². The summed E-state index contributed by atoms with van der Waals surface area (Å²) in [5.74, 6) is -2.11. The first-order valence-corrected chi connectivity index (χ1v) is 42.8. The van der Waals surface area contributed by atoms with Crippen LogP contribution < -0.4 is 0 Å². The highest BCUT2D eigenvalue weighted by molar-refractivity contribution is 7.47. The van der Waals surface area contributed by atoms with Gasteiger partial charge >= 0.3 is 39.5 Å². The zero-order chi connectivity index (χ0) is 69.7. The Balaban J connectivity index is 5.23. The SMILES string of the molecule is CCCCCCCCCCCCCCCCCCCC(=O)O[C@H](COC(=O)CCCCCCCCCCCCCCCCCC)COP(=O)(O)OC[C@@H](O)COP(=O)(O)OC[C@@H](COC(=O)CCCCCCCCCCCCC)OC(=O)CCCCCCCCCCCCC. The molecule has 0 bridgehead atoms. The second-order valence-corrected chi connectivity index (χ2v) is 30.3. The summed E-state index contributed by atoms with van der Waals surface area (Å²) in [6, 6.07) is 0. The minimum Gasteiger partial charge on any atom is -0.462 e. The zero-order valence-electron chi connectivity index (χ0n) is 61.6. The molecule has 564 valence electrons. The molecule has 0 aliphatic carbocycles. The molecular weight excluding hydrogens is 1250 g/mol. The third-order valence-electron chi connectivity index (χ3n) is 17.9. The van der Waals surface area contributed by atoms with Crippen molar-refractivity contribution in [3.63, 3.8) is 0 Å². The number of aliphatic hydroxyl groups is 1. The topological polar surface area (TPSA) is 237 Å². The number of carbonyl (C=O) groups excluding carboxylic acids is 4. The summed E-state index contributed by atoms with van der Waals surface area (Å²) in [5, 5.41) is 10.6. The molecule has 0 rings (SSSR count). The summed E-state index contributed by atoms with van der Waals surface area (Å²) in [6.07, 6.45) is 60.9. The number of phosphoric ester groups is 2. The van der Waals surface area contributed by atoms with Crippen LogP contribution >= 0.6 is 15.6 Å². The van der Waals surface area contributed by atoms with E-state index in [0.717, 1.165) is 89.9 Å². The van der Waals surface area contributed by atoms with Crippen molar-refractivity contribution in [2.75, 3.05) is 39.6 Å². The number of phosphoric acid groups is 2. The lowest BCUT2D eigenvalue weighted by Gasteiger charge is -2.21. The van der Waals surface area contributed by atoms with E-state index in [-0.39, 0.29) is 25.7 Å². The fourth-order valence-electron chi connectivity index (χ4n) is 11.8. The molecule has 2 unspecified atom stereocenters. The molecule has 0 amide bonds. The van der Waals surface area contributed by atoms with E-state index in [2.05, 4.69) is 27.7 Å². The van der Waals surface area contributed by atoms with Crippen molar-refractivity contribution in [1.29, 1.82) is 0 Å². The van der Waals surface area contributed by atoms with Gasteiger partial charge in [-0.2, -0.15) is 0 Å². The van der Waals surface area contributed by atoms with E-state index in [0.29, 0.717) is 25.7 Å². The molecule has 0 radical (unpaired) electrons. The molecule has 19 heteroatoms. The van der Waals surface area contributed by atoms with Crippen LogP contribution in [-0.2, 0) is 65.4 Å². The van der Waals surface area contributed by atoms with Gasteiger partial charge in [-0.1, -0.05) is 355 Å². The molecule has 0 aromatic carbocycles. The Morgan fingerprint density at radius 1 is 0.253 bits per heavy atom. The normalized spacial score (nSPS) is 13.9. The first-order chi connectivity index (χ1) is 46.2. The lowest BCUT2D eigenvalue weighted by Crippen LogP contribution is -2.30. The summed E-state index contributed by atoms with van der Waals surface area (Å²) in [5.41, 5.74) is 0. The maximum atomic E-state index is 13.1. The van der Waals surface area contributed by atoms with Crippen LogP contribution in [0.3, 0.4) is 0 Å². The van der Waals surface area contributed by atoms with Gasteiger partial charge in [0, 0.05) is 25.7 Å². The van der Waals surface area contributed by atoms with Crippen molar-refractivity contribution in [3.8, 4) is 0 Å². The molecule has 0 heterocycles.